The van der Waals surface area contributed by atoms with Crippen molar-refractivity contribution in [2.24, 2.45) is 0 Å². The summed E-state index contributed by atoms with van der Waals surface area (Å²) in [4.78, 5) is 14.5. The molecule has 7 nitrogen and oxygen atoms in total. The standard InChI is InChI=1S/C27H31N3O4S/c1-34-26-13-11-25(12-14-26)29-16-18-30(19-17-29)35(32,33)20-15-28-27(31)21-22-7-9-24(10-8-22)23-5-3-2-4-6-23/h2-14H,15-21H2,1H3,(H,28,31). The van der Waals surface area contributed by atoms with E-state index in [1.54, 1.807) is 7.11 Å². The van der Waals surface area contributed by atoms with Crippen LogP contribution in [0.3, 0.4) is 0 Å². The molecule has 1 fully saturated rings. The maximum atomic E-state index is 12.8. The van der Waals surface area contributed by atoms with Crippen LogP contribution in [0, 0.1) is 0 Å². The summed E-state index contributed by atoms with van der Waals surface area (Å²) in [6, 6.07) is 25.7. The third-order valence-corrected chi connectivity index (χ3v) is 8.05. The van der Waals surface area contributed by atoms with Crippen molar-refractivity contribution in [3.8, 4) is 16.9 Å². The van der Waals surface area contributed by atoms with Crippen molar-refractivity contribution in [2.75, 3.05) is 50.5 Å². The summed E-state index contributed by atoms with van der Waals surface area (Å²) in [5.74, 6) is 0.506. The van der Waals surface area contributed by atoms with Crippen LogP contribution in [0.5, 0.6) is 5.75 Å². The fourth-order valence-corrected chi connectivity index (χ4v) is 5.50. The normalized spacial score (nSPS) is 14.5. The van der Waals surface area contributed by atoms with Gasteiger partial charge in [-0.25, -0.2) is 8.42 Å². The van der Waals surface area contributed by atoms with Crippen LogP contribution in [0.4, 0.5) is 5.69 Å². The number of nitrogens with one attached hydrogen (secondary N) is 1. The number of rotatable bonds is 9. The van der Waals surface area contributed by atoms with Gasteiger partial charge in [0.2, 0.25) is 15.9 Å². The lowest BCUT2D eigenvalue weighted by Gasteiger charge is -2.35. The Balaban J connectivity index is 1.21. The lowest BCUT2D eigenvalue weighted by Crippen LogP contribution is -2.50. The molecule has 0 atom stereocenters. The van der Waals surface area contributed by atoms with Gasteiger partial charge in [0.25, 0.3) is 0 Å². The predicted molar refractivity (Wildman–Crippen MR) is 139 cm³/mol. The molecule has 1 aliphatic rings. The number of benzene rings is 3. The number of sulfonamides is 1. The molecule has 8 heteroatoms. The van der Waals surface area contributed by atoms with E-state index < -0.39 is 10.0 Å². The Bertz CT molecular complexity index is 1210. The van der Waals surface area contributed by atoms with Crippen molar-refractivity contribution >= 4 is 21.6 Å². The Morgan fingerprint density at radius 2 is 1.49 bits per heavy atom. The van der Waals surface area contributed by atoms with Crippen LogP contribution in [-0.4, -0.2) is 64.2 Å². The van der Waals surface area contributed by atoms with Gasteiger partial charge in [-0.2, -0.15) is 4.31 Å². The Morgan fingerprint density at radius 3 is 2.11 bits per heavy atom. The number of piperazine rings is 1. The van der Waals surface area contributed by atoms with Gasteiger partial charge in [-0.1, -0.05) is 54.6 Å². The highest BCUT2D eigenvalue weighted by atomic mass is 32.2. The minimum Gasteiger partial charge on any atom is -0.497 e. The minimum absolute atomic E-state index is 0.0992. The highest BCUT2D eigenvalue weighted by Crippen LogP contribution is 2.21. The van der Waals surface area contributed by atoms with Crippen molar-refractivity contribution in [3.05, 3.63) is 84.4 Å². The van der Waals surface area contributed by atoms with Crippen molar-refractivity contribution in [1.29, 1.82) is 0 Å². The van der Waals surface area contributed by atoms with Crippen LogP contribution in [0.2, 0.25) is 0 Å². The van der Waals surface area contributed by atoms with Crippen molar-refractivity contribution < 1.29 is 17.9 Å². The van der Waals surface area contributed by atoms with Crippen molar-refractivity contribution in [1.82, 2.24) is 9.62 Å². The molecule has 1 heterocycles. The van der Waals surface area contributed by atoms with Gasteiger partial charge < -0.3 is 15.0 Å². The second-order valence-corrected chi connectivity index (χ2v) is 10.6. The van der Waals surface area contributed by atoms with E-state index in [9.17, 15) is 13.2 Å². The number of nitrogens with zero attached hydrogens (tertiary/aromatic N) is 2. The Kier molecular flexibility index (Phi) is 8.05. The van der Waals surface area contributed by atoms with Gasteiger partial charge in [0.15, 0.2) is 0 Å². The van der Waals surface area contributed by atoms with Crippen molar-refractivity contribution in [3.63, 3.8) is 0 Å². The number of carbonyl (C=O) groups is 1. The minimum atomic E-state index is -3.43. The zero-order chi connectivity index (χ0) is 24.7. The summed E-state index contributed by atoms with van der Waals surface area (Å²) < 4.78 is 32.2. The maximum absolute atomic E-state index is 12.8. The number of hydrogen-bond donors (Lipinski definition) is 1. The molecular formula is C27H31N3O4S. The first-order chi connectivity index (χ1) is 16.9. The number of methoxy groups -OCH3 is 1. The van der Waals surface area contributed by atoms with E-state index in [0.717, 1.165) is 28.1 Å². The van der Waals surface area contributed by atoms with E-state index in [2.05, 4.69) is 10.2 Å². The first-order valence-electron chi connectivity index (χ1n) is 11.7. The summed E-state index contributed by atoms with van der Waals surface area (Å²) in [6.45, 7) is 2.20. The fraction of sp³-hybridized carbons (Fsp3) is 0.296. The third kappa shape index (κ3) is 6.61. The second-order valence-electron chi connectivity index (χ2n) is 8.49. The monoisotopic (exact) mass is 493 g/mol. The molecular weight excluding hydrogens is 462 g/mol. The molecule has 3 aromatic carbocycles. The largest absolute Gasteiger partial charge is 0.497 e. The molecule has 1 amide bonds. The average Bonchev–Trinajstić information content (AvgIpc) is 2.90. The molecule has 1 saturated heterocycles. The zero-order valence-electron chi connectivity index (χ0n) is 19.9. The molecule has 3 aromatic rings. The number of amides is 1. The quantitative estimate of drug-likeness (QED) is 0.495. The van der Waals surface area contributed by atoms with E-state index >= 15 is 0 Å². The summed E-state index contributed by atoms with van der Waals surface area (Å²) in [5, 5.41) is 2.75. The van der Waals surface area contributed by atoms with Crippen LogP contribution in [0.15, 0.2) is 78.9 Å². The summed E-state index contributed by atoms with van der Waals surface area (Å²) in [5.41, 5.74) is 4.15. The topological polar surface area (TPSA) is 79.0 Å². The molecule has 184 valence electrons. The van der Waals surface area contributed by atoms with E-state index in [1.807, 2.05) is 78.9 Å². The van der Waals surface area contributed by atoms with E-state index in [4.69, 9.17) is 4.74 Å². The maximum Gasteiger partial charge on any atom is 0.224 e. The number of hydrogen-bond acceptors (Lipinski definition) is 5. The van der Waals surface area contributed by atoms with Crippen LogP contribution >= 0.6 is 0 Å². The van der Waals surface area contributed by atoms with Gasteiger partial charge in [0, 0.05) is 38.4 Å². The second kappa shape index (κ2) is 11.4. The molecule has 0 bridgehead atoms. The van der Waals surface area contributed by atoms with Crippen LogP contribution < -0.4 is 15.0 Å². The molecule has 0 aliphatic carbocycles. The predicted octanol–water partition coefficient (Wildman–Crippen LogP) is 3.17. The van der Waals surface area contributed by atoms with Gasteiger partial charge in [-0.05, 0) is 41.0 Å². The highest BCUT2D eigenvalue weighted by Gasteiger charge is 2.26. The van der Waals surface area contributed by atoms with E-state index in [0.29, 0.717) is 26.2 Å². The average molecular weight is 494 g/mol. The van der Waals surface area contributed by atoms with Gasteiger partial charge in [-0.15, -0.1) is 0 Å². The molecule has 1 aliphatic heterocycles. The Hall–Kier alpha value is -3.36. The molecule has 0 aromatic heterocycles. The molecule has 0 radical (unpaired) electrons. The lowest BCUT2D eigenvalue weighted by atomic mass is 10.0. The molecule has 1 N–H and O–H groups in total. The first-order valence-corrected chi connectivity index (χ1v) is 13.3. The number of ether oxygens (including phenoxy) is 1. The van der Waals surface area contributed by atoms with Gasteiger partial charge >= 0.3 is 0 Å². The zero-order valence-corrected chi connectivity index (χ0v) is 20.7. The summed E-state index contributed by atoms with van der Waals surface area (Å²) in [7, 11) is -1.80. The lowest BCUT2D eigenvalue weighted by molar-refractivity contribution is -0.120. The van der Waals surface area contributed by atoms with Crippen LogP contribution in [0.1, 0.15) is 5.56 Å². The number of carbonyl (C=O) groups excluding carboxylic acids is 1. The third-order valence-electron chi connectivity index (χ3n) is 6.18. The SMILES string of the molecule is COc1ccc(N2CCN(S(=O)(=O)CCNC(=O)Cc3ccc(-c4ccccc4)cc3)CC2)cc1. The van der Waals surface area contributed by atoms with Gasteiger partial charge in [0.05, 0.1) is 19.3 Å². The fourth-order valence-electron chi connectivity index (χ4n) is 4.16. The molecule has 4 rings (SSSR count). The number of anilines is 1. The molecule has 0 unspecified atom stereocenters. The van der Waals surface area contributed by atoms with Crippen LogP contribution in [0.25, 0.3) is 11.1 Å². The van der Waals surface area contributed by atoms with Crippen LogP contribution in [-0.2, 0) is 21.2 Å². The first kappa shape index (κ1) is 24.8. The molecule has 0 spiro atoms. The molecule has 35 heavy (non-hydrogen) atoms. The van der Waals surface area contributed by atoms with E-state index in [1.165, 1.54) is 4.31 Å². The van der Waals surface area contributed by atoms with Gasteiger partial charge in [-0.3, -0.25) is 4.79 Å². The van der Waals surface area contributed by atoms with E-state index in [-0.39, 0.29) is 24.6 Å². The summed E-state index contributed by atoms with van der Waals surface area (Å²) in [6.07, 6.45) is 0.218. The highest BCUT2D eigenvalue weighted by molar-refractivity contribution is 7.89. The Labute approximate surface area is 207 Å². The Morgan fingerprint density at radius 1 is 0.857 bits per heavy atom. The smallest absolute Gasteiger partial charge is 0.224 e. The van der Waals surface area contributed by atoms with Crippen molar-refractivity contribution in [2.45, 2.75) is 6.42 Å². The molecule has 0 saturated carbocycles. The van der Waals surface area contributed by atoms with Gasteiger partial charge in [0.1, 0.15) is 5.75 Å². The summed E-state index contributed by atoms with van der Waals surface area (Å²) >= 11 is 0.